The molecule has 1 aromatic heterocycles. The quantitative estimate of drug-likeness (QED) is 0.00710. The lowest BCUT2D eigenvalue weighted by molar-refractivity contribution is -0.155. The number of thiophene rings is 1. The maximum Gasteiger partial charge on any atom is 0.350 e. The van der Waals surface area contributed by atoms with E-state index >= 15 is 0 Å². The van der Waals surface area contributed by atoms with Crippen LogP contribution >= 0.6 is 69.3 Å². The van der Waals surface area contributed by atoms with E-state index in [0.29, 0.717) is 72.6 Å². The number of carbonyl (C=O) groups is 5. The maximum atomic E-state index is 11.3. The summed E-state index contributed by atoms with van der Waals surface area (Å²) >= 11 is 29.8. The Labute approximate surface area is 762 Å². The summed E-state index contributed by atoms with van der Waals surface area (Å²) in [4.78, 5) is 106. The second kappa shape index (κ2) is 82.4. The number of aryl methyl sites for hydroxylation is 1. The highest BCUT2D eigenvalue weighted by Crippen LogP contribution is 2.27. The highest BCUT2D eigenvalue weighted by molar-refractivity contribution is 7.10. The average molecular weight is 1860 g/mol. The average Bonchev–Trinajstić information content (AvgIpc) is 1.03. The Hall–Kier alpha value is -12.5. The Balaban J connectivity index is -0.000000426. The van der Waals surface area contributed by atoms with E-state index in [4.69, 9.17) is 92.1 Å². The first-order valence-electron chi connectivity index (χ1n) is 36.6. The number of oxime groups is 11. The van der Waals surface area contributed by atoms with Crippen LogP contribution < -0.4 is 0 Å². The molecule has 31 nitrogen and oxygen atoms in total. The molecule has 0 aliphatic carbocycles. The summed E-state index contributed by atoms with van der Waals surface area (Å²) in [5.74, 6) is 4.03. The molecule has 0 aliphatic heterocycles. The molecule has 6 aromatic rings. The number of benzene rings is 5. The number of ketones is 1. The third kappa shape index (κ3) is 72.8. The third-order valence-electron chi connectivity index (χ3n) is 13.6. The van der Waals surface area contributed by atoms with Gasteiger partial charge in [0.15, 0.2) is 6.61 Å². The molecule has 5 aromatic carbocycles. The van der Waals surface area contributed by atoms with Gasteiger partial charge in [0.1, 0.15) is 51.0 Å². The summed E-state index contributed by atoms with van der Waals surface area (Å²) in [6, 6.07) is 39.7. The summed E-state index contributed by atoms with van der Waals surface area (Å²) in [7, 11) is 2.68. The van der Waals surface area contributed by atoms with E-state index in [-0.39, 0.29) is 37.0 Å². The molecule has 0 aliphatic rings. The van der Waals surface area contributed by atoms with Crippen molar-refractivity contribution in [2.24, 2.45) is 56.7 Å². The van der Waals surface area contributed by atoms with Crippen molar-refractivity contribution in [3.8, 4) is 11.8 Å². The number of aliphatic carboxylic acids is 1. The number of Topliss-reactive ketones (excluding diaryl/α,β-unsaturated/α-hetero) is 1. The van der Waals surface area contributed by atoms with Gasteiger partial charge in [0.25, 0.3) is 0 Å². The van der Waals surface area contributed by atoms with E-state index in [0.717, 1.165) is 60.0 Å². The molecule has 0 radical (unpaired) electrons. The van der Waals surface area contributed by atoms with E-state index in [9.17, 15) is 24.0 Å². The molecule has 1 heterocycles. The van der Waals surface area contributed by atoms with Gasteiger partial charge in [-0.3, -0.25) is 9.59 Å². The summed E-state index contributed by atoms with van der Waals surface area (Å²) < 4.78 is 13.8. The minimum absolute atomic E-state index is 0.102. The van der Waals surface area contributed by atoms with Crippen LogP contribution in [0, 0.1) is 18.8 Å². The number of carboxylic acids is 1. The third-order valence-corrected chi connectivity index (χ3v) is 15.6. The Morgan fingerprint density at radius 1 is 0.504 bits per heavy atom. The molecular weight excluding hydrogens is 1740 g/mol. The molecule has 5 atom stereocenters. The van der Waals surface area contributed by atoms with Crippen LogP contribution in [0.2, 0.25) is 15.1 Å². The Morgan fingerprint density at radius 3 is 1.39 bits per heavy atom. The van der Waals surface area contributed by atoms with Crippen molar-refractivity contribution in [1.29, 1.82) is 0 Å². The van der Waals surface area contributed by atoms with Crippen LogP contribution in [-0.4, -0.2) is 174 Å². The lowest BCUT2D eigenvalue weighted by Gasteiger charge is -2.11. The predicted molar refractivity (Wildman–Crippen MR) is 504 cm³/mol. The number of carbonyl (C=O) groups excluding carboxylic acids is 4. The number of methoxy groups -OCH3 is 2. The van der Waals surface area contributed by atoms with Gasteiger partial charge >= 0.3 is 23.9 Å². The smallest absolute Gasteiger partial charge is 0.350 e. The molecule has 125 heavy (non-hydrogen) atoms. The first kappa shape index (κ1) is 121. The lowest BCUT2D eigenvalue weighted by Crippen LogP contribution is -2.26. The largest absolute Gasteiger partial charge is 0.478 e. The summed E-state index contributed by atoms with van der Waals surface area (Å²) in [5.41, 5.74) is 10.00. The molecule has 0 bridgehead atoms. The minimum Gasteiger partial charge on any atom is -0.478 e. The van der Waals surface area contributed by atoms with Gasteiger partial charge < -0.3 is 72.5 Å². The van der Waals surface area contributed by atoms with Crippen LogP contribution in [0.3, 0.4) is 0 Å². The molecule has 37 heteroatoms. The van der Waals surface area contributed by atoms with Crippen LogP contribution in [0.5, 0.6) is 0 Å². The molecule has 682 valence electrons. The number of allylic oxidation sites excluding steroid dienone is 3. The van der Waals surface area contributed by atoms with E-state index in [2.05, 4.69) is 187 Å². The van der Waals surface area contributed by atoms with Gasteiger partial charge in [0.05, 0.1) is 47.2 Å². The van der Waals surface area contributed by atoms with Crippen LogP contribution in [0.1, 0.15) is 131 Å². The number of nitrogens with zero attached hydrogens (tertiary/aromatic N) is 11. The molecule has 0 amide bonds. The standard InChI is InChI=1S/2C11H13NO3.C11H13NO2.C11H11NOS.C10H12ClNO.C9H9Cl2NO.C6H11NO3.C6H11NO.C5H8ClNO.C4H6ClNO.C4H7NO3/c1-12-15-8-10-6-4-3-5-9(10)7-11(13)14-2;1-12-15-10(11(13)14-2)8-9-6-4-3-5-7-9;1-9(13)7-10-5-3-4-6-11(10)8-14-12-2;1-10(7-8-13-12-2)5-6-11-4-3-9-14-11;1-7-4-9(6-10(11)5-7)8(2)13-12-3;1-6(13-12-2)7-3-4-8(10)9(11)5-7;1-4-9-6(8)5(2)10-7-3;1-6(2)4-5-8-7-3;1-5(6)3-4-8-7-2;1-4(5)3-7-6-2;1-3(4(6)7)8-5-2/h3-6H,1,7-8H2,2H3;3-7,10H,1,8H2,2H3;3-6H,2,7-8H2,1H3;3-4,7,9H,2,8H2,1H3;4-6,8H,3H2,1-2H3;3-6H,2H2,1H3;5H,3-4H2,1-2H3;4H,3,5H2,1-2H3;3H,2,4H2,1H3;1-3H2;3H,2H2,1H3,(H,6,7)/b;;;10-7-;;;;;5-3-;;/t;;;;;;;;;;3-/m..........0/s1. The molecule has 0 fully saturated rings. The van der Waals surface area contributed by atoms with Gasteiger partial charge in [0, 0.05) is 96.8 Å². The van der Waals surface area contributed by atoms with Crippen molar-refractivity contribution in [2.45, 2.75) is 139 Å². The minimum atomic E-state index is -1.04. The van der Waals surface area contributed by atoms with Crippen molar-refractivity contribution >= 4 is 173 Å². The highest BCUT2D eigenvalue weighted by Gasteiger charge is 2.21. The Bertz CT molecular complexity index is 4250. The van der Waals surface area contributed by atoms with Crippen molar-refractivity contribution in [2.75, 3.05) is 47.3 Å². The van der Waals surface area contributed by atoms with Gasteiger partial charge in [-0.25, -0.2) is 14.4 Å². The van der Waals surface area contributed by atoms with E-state index < -0.39 is 36.2 Å². The zero-order chi connectivity index (χ0) is 95.6. The van der Waals surface area contributed by atoms with Gasteiger partial charge in [-0.1, -0.05) is 179 Å². The van der Waals surface area contributed by atoms with Crippen LogP contribution in [0.15, 0.2) is 236 Å². The van der Waals surface area contributed by atoms with Gasteiger partial charge in [0.2, 0.25) is 18.3 Å². The topological polar surface area (TPSA) is 371 Å². The summed E-state index contributed by atoms with van der Waals surface area (Å²) in [6.07, 6.45) is 4.08. The molecule has 0 saturated heterocycles. The van der Waals surface area contributed by atoms with Crippen molar-refractivity contribution in [3.63, 3.8) is 0 Å². The molecule has 6 rings (SSSR count). The highest BCUT2D eigenvalue weighted by atomic mass is 35.5. The predicted octanol–water partition coefficient (Wildman–Crippen LogP) is 20.0. The molecule has 0 spiro atoms. The SMILES string of the molecule is C=NOC(C)C(=O)OCC.C=NOC(C)c1cc(C)cc(Cl)c1.C=NOC(C)c1ccc(Cl)c(Cl)c1.C=NOC(Cc1ccccc1)C(=O)OC.C=NOC/C=C(/C)C#Cc1cccs1.C=NOC/C=C(/C)Cl.C=NOCC(=C)Cl.C=NOCC=C(C)C.C=NOCc1ccccc1CC(=O)OC.C=NOCc1ccccc1CC(C)=O.C=NO[C@@H](C)C(=O)O. The van der Waals surface area contributed by atoms with E-state index in [1.807, 2.05) is 174 Å². The lowest BCUT2D eigenvalue weighted by atomic mass is 10.0. The zero-order valence-electron chi connectivity index (χ0n) is 72.8. The summed E-state index contributed by atoms with van der Waals surface area (Å²) in [6.45, 7) is 60.3. The van der Waals surface area contributed by atoms with E-state index in [1.54, 1.807) is 57.2 Å². The number of rotatable bonds is 40. The van der Waals surface area contributed by atoms with Crippen molar-refractivity contribution < 1.29 is 96.5 Å². The fourth-order valence-corrected chi connectivity index (χ4v) is 9.00. The first-order chi connectivity index (χ1) is 59.6. The van der Waals surface area contributed by atoms with Crippen molar-refractivity contribution in [3.05, 3.63) is 243 Å². The monoisotopic (exact) mass is 1850 g/mol. The molecule has 0 saturated carbocycles. The van der Waals surface area contributed by atoms with E-state index in [1.165, 1.54) is 26.7 Å². The number of ether oxygens (including phenoxy) is 3. The van der Waals surface area contributed by atoms with Gasteiger partial charge in [-0.05, 0) is 180 Å². The Kier molecular flexibility index (Phi) is 79.8. The second-order valence-corrected chi connectivity index (χ2v) is 27.0. The van der Waals surface area contributed by atoms with Crippen molar-refractivity contribution in [1.82, 2.24) is 0 Å². The number of hydrogen-bond acceptors (Lipinski definition) is 31. The zero-order valence-corrected chi connectivity index (χ0v) is 77.4. The van der Waals surface area contributed by atoms with Gasteiger partial charge in [-0.2, -0.15) is 0 Å². The maximum absolute atomic E-state index is 11.3. The normalized spacial score (nSPS) is 10.6. The number of carboxylic acid groups (broad SMARTS) is 1. The number of esters is 3. The fraction of sp³-hybridized carbons (Fsp3) is 0.318. The van der Waals surface area contributed by atoms with Gasteiger partial charge in [-0.15, -0.1) is 68.0 Å². The first-order valence-corrected chi connectivity index (χ1v) is 39.4. The van der Waals surface area contributed by atoms with Crippen LogP contribution in [0.4, 0.5) is 0 Å². The second-order valence-electron chi connectivity index (χ2n) is 23.6. The number of hydrogen-bond donors (Lipinski definition) is 1. The Morgan fingerprint density at radius 2 is 0.984 bits per heavy atom. The fourth-order valence-electron chi connectivity index (χ4n) is 7.72. The van der Waals surface area contributed by atoms with Crippen LogP contribution in [0.25, 0.3) is 0 Å². The molecular formula is C88H114Cl5N11O20S. The molecule has 4 unspecified atom stereocenters. The summed E-state index contributed by atoms with van der Waals surface area (Å²) in [5, 5.41) is 48.3. The van der Waals surface area contributed by atoms with Crippen LogP contribution in [-0.2, 0) is 124 Å². The number of halogens is 5. The molecule has 1 N–H and O–H groups in total.